The van der Waals surface area contributed by atoms with Crippen LogP contribution in [0.1, 0.15) is 30.1 Å². The second kappa shape index (κ2) is 5.87. The summed E-state index contributed by atoms with van der Waals surface area (Å²) in [5.74, 6) is 0.976. The Balaban J connectivity index is 1.69. The predicted molar refractivity (Wildman–Crippen MR) is 86.5 cm³/mol. The Kier molecular flexibility index (Phi) is 3.69. The van der Waals surface area contributed by atoms with Crippen molar-refractivity contribution in [2.75, 3.05) is 0 Å². The maximum Gasteiger partial charge on any atom is 0.259 e. The number of pyridine rings is 1. The molecule has 24 heavy (non-hydrogen) atoms. The van der Waals surface area contributed by atoms with E-state index in [0.717, 1.165) is 12.8 Å². The van der Waals surface area contributed by atoms with Crippen LogP contribution in [-0.2, 0) is 6.54 Å². The number of hydrogen-bond acceptors (Lipinski definition) is 4. The smallest absolute Gasteiger partial charge is 0.259 e. The van der Waals surface area contributed by atoms with E-state index >= 15 is 0 Å². The van der Waals surface area contributed by atoms with E-state index in [9.17, 15) is 9.18 Å². The summed E-state index contributed by atoms with van der Waals surface area (Å²) in [5.41, 5.74) is 0.615. The van der Waals surface area contributed by atoms with Crippen LogP contribution < -0.4 is 5.56 Å². The van der Waals surface area contributed by atoms with Crippen molar-refractivity contribution in [2.24, 2.45) is 0 Å². The topological polar surface area (TPSA) is 60.9 Å². The lowest BCUT2D eigenvalue weighted by Crippen LogP contribution is -2.20. The Morgan fingerprint density at radius 3 is 2.88 bits per heavy atom. The van der Waals surface area contributed by atoms with Gasteiger partial charge in [-0.05, 0) is 31.0 Å². The molecule has 2 heterocycles. The highest BCUT2D eigenvalue weighted by molar-refractivity contribution is 6.31. The van der Waals surface area contributed by atoms with Gasteiger partial charge in [-0.3, -0.25) is 4.79 Å². The van der Waals surface area contributed by atoms with E-state index in [-0.39, 0.29) is 22.7 Å². The molecule has 0 unspecified atom stereocenters. The zero-order valence-electron chi connectivity index (χ0n) is 12.6. The lowest BCUT2D eigenvalue weighted by molar-refractivity contribution is 0.422. The third-order valence-electron chi connectivity index (χ3n) is 4.00. The summed E-state index contributed by atoms with van der Waals surface area (Å²) in [6.45, 7) is 0.0296. The summed E-state index contributed by atoms with van der Waals surface area (Å²) in [7, 11) is 0. The molecule has 2 aromatic heterocycles. The van der Waals surface area contributed by atoms with Gasteiger partial charge in [0, 0.05) is 28.8 Å². The molecular weight excluding hydrogens is 333 g/mol. The highest BCUT2D eigenvalue weighted by Crippen LogP contribution is 2.38. The molecule has 1 saturated carbocycles. The largest absolute Gasteiger partial charge is 0.334 e. The van der Waals surface area contributed by atoms with Gasteiger partial charge in [0.15, 0.2) is 5.82 Å². The van der Waals surface area contributed by atoms with Gasteiger partial charge in [-0.25, -0.2) is 4.39 Å². The maximum atomic E-state index is 13.9. The van der Waals surface area contributed by atoms with Crippen molar-refractivity contribution in [1.29, 1.82) is 0 Å². The Hall–Kier alpha value is -2.47. The number of nitrogens with zero attached hydrogens (tertiary/aromatic N) is 3. The van der Waals surface area contributed by atoms with Crippen LogP contribution in [-0.4, -0.2) is 14.7 Å². The van der Waals surface area contributed by atoms with Crippen LogP contribution in [0.4, 0.5) is 4.39 Å². The molecule has 0 saturated heterocycles. The Morgan fingerprint density at radius 2 is 2.12 bits per heavy atom. The number of halogens is 2. The molecule has 1 aliphatic carbocycles. The van der Waals surface area contributed by atoms with Crippen molar-refractivity contribution in [2.45, 2.75) is 25.3 Å². The monoisotopic (exact) mass is 345 g/mol. The normalized spacial score (nSPS) is 14.1. The summed E-state index contributed by atoms with van der Waals surface area (Å²) < 4.78 is 20.6. The van der Waals surface area contributed by atoms with Crippen molar-refractivity contribution in [3.05, 3.63) is 69.1 Å². The highest BCUT2D eigenvalue weighted by atomic mass is 35.5. The molecule has 0 bridgehead atoms. The van der Waals surface area contributed by atoms with Gasteiger partial charge in [-0.15, -0.1) is 0 Å². The first-order chi connectivity index (χ1) is 11.6. The third-order valence-corrected chi connectivity index (χ3v) is 4.36. The molecule has 0 spiro atoms. The van der Waals surface area contributed by atoms with Gasteiger partial charge in [0.2, 0.25) is 0 Å². The van der Waals surface area contributed by atoms with Crippen molar-refractivity contribution in [3.8, 4) is 11.5 Å². The van der Waals surface area contributed by atoms with Crippen molar-refractivity contribution in [3.63, 3.8) is 0 Å². The molecule has 5 nitrogen and oxygen atoms in total. The average molecular weight is 346 g/mol. The van der Waals surface area contributed by atoms with Crippen molar-refractivity contribution >= 4 is 11.6 Å². The van der Waals surface area contributed by atoms with Crippen LogP contribution in [0.3, 0.4) is 0 Å². The zero-order chi connectivity index (χ0) is 16.7. The van der Waals surface area contributed by atoms with Crippen LogP contribution >= 0.6 is 11.6 Å². The van der Waals surface area contributed by atoms with Crippen LogP contribution in [0.25, 0.3) is 11.5 Å². The molecule has 1 fully saturated rings. The van der Waals surface area contributed by atoms with Gasteiger partial charge >= 0.3 is 0 Å². The van der Waals surface area contributed by atoms with E-state index in [0.29, 0.717) is 23.2 Å². The molecule has 0 aliphatic heterocycles. The van der Waals surface area contributed by atoms with Crippen LogP contribution in [0.5, 0.6) is 0 Å². The second-order valence-corrected chi connectivity index (χ2v) is 6.22. The van der Waals surface area contributed by atoms with E-state index in [4.69, 9.17) is 16.1 Å². The lowest BCUT2D eigenvalue weighted by Gasteiger charge is -2.09. The highest BCUT2D eigenvalue weighted by Gasteiger charge is 2.29. The SMILES string of the molecule is O=c1ccc(-c2nc(C3CC3)no2)cn1Cc1c(F)cccc1Cl. The molecular formula is C17H13ClFN3O2. The van der Waals surface area contributed by atoms with Crippen LogP contribution in [0, 0.1) is 5.82 Å². The van der Waals surface area contributed by atoms with Crippen LogP contribution in [0.2, 0.25) is 5.02 Å². The van der Waals surface area contributed by atoms with E-state index in [2.05, 4.69) is 10.1 Å². The first-order valence-electron chi connectivity index (χ1n) is 7.59. The number of rotatable bonds is 4. The zero-order valence-corrected chi connectivity index (χ0v) is 13.3. The summed E-state index contributed by atoms with van der Waals surface area (Å²) in [6.07, 6.45) is 3.73. The summed E-state index contributed by atoms with van der Waals surface area (Å²) >= 11 is 6.04. The first kappa shape index (κ1) is 15.1. The van der Waals surface area contributed by atoms with Crippen molar-refractivity contribution < 1.29 is 8.91 Å². The molecule has 0 N–H and O–H groups in total. The van der Waals surface area contributed by atoms with E-state index in [1.165, 1.54) is 22.8 Å². The van der Waals surface area contributed by atoms with Gasteiger partial charge < -0.3 is 9.09 Å². The minimum absolute atomic E-state index is 0.0296. The Morgan fingerprint density at radius 1 is 1.29 bits per heavy atom. The maximum absolute atomic E-state index is 13.9. The van der Waals surface area contributed by atoms with Crippen molar-refractivity contribution in [1.82, 2.24) is 14.7 Å². The Labute approximate surface area is 141 Å². The molecule has 3 aromatic rings. The standard InChI is InChI=1S/C17H13ClFN3O2/c18-13-2-1-3-14(19)12(13)9-22-8-11(6-7-15(22)23)17-20-16(21-24-17)10-4-5-10/h1-3,6-8,10H,4-5,9H2. The summed E-state index contributed by atoms with van der Waals surface area (Å²) in [6, 6.07) is 7.44. The second-order valence-electron chi connectivity index (χ2n) is 5.82. The molecule has 1 aliphatic rings. The number of aromatic nitrogens is 3. The summed E-state index contributed by atoms with van der Waals surface area (Å²) in [5, 5.41) is 4.24. The number of benzene rings is 1. The molecule has 122 valence electrons. The average Bonchev–Trinajstić information content (AvgIpc) is 3.30. The molecule has 7 heteroatoms. The van der Waals surface area contributed by atoms with Gasteiger partial charge in [-0.2, -0.15) is 4.98 Å². The fourth-order valence-electron chi connectivity index (χ4n) is 2.49. The molecule has 0 atom stereocenters. The quantitative estimate of drug-likeness (QED) is 0.724. The molecule has 1 aromatic carbocycles. The number of hydrogen-bond donors (Lipinski definition) is 0. The molecule has 0 radical (unpaired) electrons. The summed E-state index contributed by atoms with van der Waals surface area (Å²) in [4.78, 5) is 16.4. The van der Waals surface area contributed by atoms with E-state index in [1.807, 2.05) is 0 Å². The lowest BCUT2D eigenvalue weighted by atomic mass is 10.2. The predicted octanol–water partition coefficient (Wildman–Crippen LogP) is 3.62. The van der Waals surface area contributed by atoms with Gasteiger partial charge in [0.05, 0.1) is 12.1 Å². The van der Waals surface area contributed by atoms with Gasteiger partial charge in [0.1, 0.15) is 5.82 Å². The fraction of sp³-hybridized carbons (Fsp3) is 0.235. The minimum atomic E-state index is -0.450. The molecule has 4 rings (SSSR count). The fourth-order valence-corrected chi connectivity index (χ4v) is 2.72. The van der Waals surface area contributed by atoms with Gasteiger partial charge in [0.25, 0.3) is 11.4 Å². The first-order valence-corrected chi connectivity index (χ1v) is 7.97. The van der Waals surface area contributed by atoms with Crippen LogP contribution in [0.15, 0.2) is 45.8 Å². The Bertz CT molecular complexity index is 942. The van der Waals surface area contributed by atoms with E-state index < -0.39 is 5.82 Å². The third kappa shape index (κ3) is 2.85. The van der Waals surface area contributed by atoms with E-state index in [1.54, 1.807) is 18.3 Å². The minimum Gasteiger partial charge on any atom is -0.334 e. The molecule has 0 amide bonds. The van der Waals surface area contributed by atoms with Gasteiger partial charge in [-0.1, -0.05) is 22.8 Å².